The normalized spacial score (nSPS) is 21.9. The van der Waals surface area contributed by atoms with Crippen molar-refractivity contribution < 1.29 is 13.2 Å². The van der Waals surface area contributed by atoms with Gasteiger partial charge in [-0.1, -0.05) is 6.07 Å². The smallest absolute Gasteiger partial charge is 0.243 e. The van der Waals surface area contributed by atoms with Crippen molar-refractivity contribution in [1.29, 1.82) is 0 Å². The highest BCUT2D eigenvalue weighted by Crippen LogP contribution is 2.21. The van der Waals surface area contributed by atoms with E-state index in [1.807, 2.05) is 24.8 Å². The van der Waals surface area contributed by atoms with Crippen molar-refractivity contribution in [1.82, 2.24) is 14.5 Å². The fourth-order valence-electron chi connectivity index (χ4n) is 3.49. The number of nitrogens with zero attached hydrogens (tertiary/aromatic N) is 2. The molecule has 26 heavy (non-hydrogen) atoms. The average molecular weight is 402 g/mol. The molecule has 0 bridgehead atoms. The Morgan fingerprint density at radius 3 is 2.38 bits per heavy atom. The molecule has 0 aromatic heterocycles. The number of halogens is 1. The van der Waals surface area contributed by atoms with E-state index in [-0.39, 0.29) is 24.2 Å². The van der Waals surface area contributed by atoms with Crippen LogP contribution in [-0.2, 0) is 14.8 Å². The number of carbonyl (C=O) groups excluding carboxylic acids is 1. The molecule has 8 heteroatoms. The number of carbonyl (C=O) groups is 1. The average Bonchev–Trinajstić information content (AvgIpc) is 2.64. The first-order chi connectivity index (χ1) is 11.9. The summed E-state index contributed by atoms with van der Waals surface area (Å²) in [6.07, 6.45) is 1.95. The van der Waals surface area contributed by atoms with Gasteiger partial charge < -0.3 is 10.2 Å². The van der Waals surface area contributed by atoms with Crippen LogP contribution in [0.3, 0.4) is 0 Å². The summed E-state index contributed by atoms with van der Waals surface area (Å²) in [6, 6.07) is 5.25. The maximum atomic E-state index is 12.8. The molecule has 1 atom stereocenters. The number of amides is 1. The Hall–Kier alpha value is -1.15. The summed E-state index contributed by atoms with van der Waals surface area (Å²) < 4.78 is 27.2. The van der Waals surface area contributed by atoms with E-state index in [9.17, 15) is 13.2 Å². The standard InChI is InChI=1S/C18H27N3O3S.ClH/c1-14-5-6-17(12-15(14)2)25(23,24)21-10-8-20(9-11-21)18(22)16-4-3-7-19-13-16;/h5-6,12,16,19H,3-4,7-11,13H2,1-2H3;1H. The predicted octanol–water partition coefficient (Wildman–Crippen LogP) is 1.56. The van der Waals surface area contributed by atoms with Gasteiger partial charge in [0.25, 0.3) is 0 Å². The molecule has 6 nitrogen and oxygen atoms in total. The van der Waals surface area contributed by atoms with Crippen molar-refractivity contribution in [2.75, 3.05) is 39.3 Å². The van der Waals surface area contributed by atoms with Gasteiger partial charge in [-0.15, -0.1) is 12.4 Å². The first kappa shape index (κ1) is 21.2. The Bertz CT molecular complexity index is 740. The zero-order chi connectivity index (χ0) is 18.0. The van der Waals surface area contributed by atoms with Crippen LogP contribution in [0.5, 0.6) is 0 Å². The molecular formula is C18H28ClN3O3S. The minimum Gasteiger partial charge on any atom is -0.340 e. The van der Waals surface area contributed by atoms with Crippen molar-refractivity contribution in [2.45, 2.75) is 31.6 Å². The van der Waals surface area contributed by atoms with Gasteiger partial charge in [-0.3, -0.25) is 4.79 Å². The van der Waals surface area contributed by atoms with E-state index in [1.54, 1.807) is 12.1 Å². The molecule has 1 unspecified atom stereocenters. The molecule has 0 saturated carbocycles. The first-order valence-electron chi connectivity index (χ1n) is 8.96. The van der Waals surface area contributed by atoms with Gasteiger partial charge in [0.2, 0.25) is 15.9 Å². The van der Waals surface area contributed by atoms with Gasteiger partial charge in [0.1, 0.15) is 0 Å². The molecule has 0 radical (unpaired) electrons. The van der Waals surface area contributed by atoms with E-state index < -0.39 is 10.0 Å². The van der Waals surface area contributed by atoms with Crippen LogP contribution in [0.15, 0.2) is 23.1 Å². The van der Waals surface area contributed by atoms with Crippen LogP contribution in [0.25, 0.3) is 0 Å². The predicted molar refractivity (Wildman–Crippen MR) is 104 cm³/mol. The van der Waals surface area contributed by atoms with Crippen LogP contribution in [0, 0.1) is 19.8 Å². The highest BCUT2D eigenvalue weighted by molar-refractivity contribution is 7.89. The van der Waals surface area contributed by atoms with Crippen molar-refractivity contribution >= 4 is 28.3 Å². The van der Waals surface area contributed by atoms with E-state index in [4.69, 9.17) is 0 Å². The highest BCUT2D eigenvalue weighted by atomic mass is 35.5. The second kappa shape index (κ2) is 8.69. The quantitative estimate of drug-likeness (QED) is 0.834. The summed E-state index contributed by atoms with van der Waals surface area (Å²) in [7, 11) is -3.49. The van der Waals surface area contributed by atoms with E-state index in [1.165, 1.54) is 4.31 Å². The summed E-state index contributed by atoms with van der Waals surface area (Å²) >= 11 is 0. The number of nitrogens with one attached hydrogen (secondary N) is 1. The number of hydrogen-bond donors (Lipinski definition) is 1. The topological polar surface area (TPSA) is 69.7 Å². The summed E-state index contributed by atoms with van der Waals surface area (Å²) in [6.45, 7) is 7.27. The van der Waals surface area contributed by atoms with Gasteiger partial charge in [0, 0.05) is 32.7 Å². The second-order valence-electron chi connectivity index (χ2n) is 7.02. The van der Waals surface area contributed by atoms with Gasteiger partial charge in [0.05, 0.1) is 10.8 Å². The van der Waals surface area contributed by atoms with Crippen molar-refractivity contribution in [3.63, 3.8) is 0 Å². The fourth-order valence-corrected chi connectivity index (χ4v) is 5.00. The van der Waals surface area contributed by atoms with Gasteiger partial charge in [-0.05, 0) is 56.5 Å². The Labute approximate surface area is 162 Å². The van der Waals surface area contributed by atoms with E-state index in [2.05, 4.69) is 5.32 Å². The van der Waals surface area contributed by atoms with Crippen LogP contribution in [-0.4, -0.2) is 62.8 Å². The molecule has 1 aromatic carbocycles. The molecular weight excluding hydrogens is 374 g/mol. The zero-order valence-corrected chi connectivity index (χ0v) is 17.0. The van der Waals surface area contributed by atoms with Crippen LogP contribution < -0.4 is 5.32 Å². The van der Waals surface area contributed by atoms with Gasteiger partial charge >= 0.3 is 0 Å². The largest absolute Gasteiger partial charge is 0.340 e. The van der Waals surface area contributed by atoms with Crippen molar-refractivity contribution in [2.24, 2.45) is 5.92 Å². The van der Waals surface area contributed by atoms with Gasteiger partial charge in [0.15, 0.2) is 0 Å². The second-order valence-corrected chi connectivity index (χ2v) is 8.96. The lowest BCUT2D eigenvalue weighted by Gasteiger charge is -2.36. The summed E-state index contributed by atoms with van der Waals surface area (Å²) in [5.41, 5.74) is 2.05. The SMILES string of the molecule is Cc1ccc(S(=O)(=O)N2CCN(C(=O)C3CCCNC3)CC2)cc1C.Cl. The lowest BCUT2D eigenvalue weighted by molar-refractivity contribution is -0.137. The van der Waals surface area contributed by atoms with E-state index >= 15 is 0 Å². The van der Waals surface area contributed by atoms with Crippen LogP contribution >= 0.6 is 12.4 Å². The molecule has 1 aromatic rings. The molecule has 2 aliphatic heterocycles. The number of benzene rings is 1. The Kier molecular flexibility index (Phi) is 7.07. The lowest BCUT2D eigenvalue weighted by Crippen LogP contribution is -2.53. The number of aryl methyl sites for hydroxylation is 2. The number of piperidine rings is 1. The minimum atomic E-state index is -3.49. The third-order valence-corrected chi connectivity index (χ3v) is 7.21. The van der Waals surface area contributed by atoms with Crippen LogP contribution in [0.1, 0.15) is 24.0 Å². The third kappa shape index (κ3) is 4.39. The lowest BCUT2D eigenvalue weighted by atomic mass is 9.98. The number of sulfonamides is 1. The molecule has 1 amide bonds. The summed E-state index contributed by atoms with van der Waals surface area (Å²) in [4.78, 5) is 14.7. The summed E-state index contributed by atoms with van der Waals surface area (Å²) in [5, 5.41) is 3.27. The Morgan fingerprint density at radius 1 is 1.12 bits per heavy atom. The van der Waals surface area contributed by atoms with E-state index in [0.29, 0.717) is 31.1 Å². The number of piperazine rings is 1. The molecule has 2 fully saturated rings. The molecule has 146 valence electrons. The minimum absolute atomic E-state index is 0. The molecule has 1 N–H and O–H groups in total. The van der Waals surface area contributed by atoms with Crippen LogP contribution in [0.4, 0.5) is 0 Å². The third-order valence-electron chi connectivity index (χ3n) is 5.31. The zero-order valence-electron chi connectivity index (χ0n) is 15.4. The molecule has 2 saturated heterocycles. The van der Waals surface area contributed by atoms with Crippen molar-refractivity contribution in [3.05, 3.63) is 29.3 Å². The molecule has 2 heterocycles. The maximum absolute atomic E-state index is 12.8. The monoisotopic (exact) mass is 401 g/mol. The Balaban J connectivity index is 0.00000243. The number of hydrogen-bond acceptors (Lipinski definition) is 4. The number of rotatable bonds is 3. The molecule has 2 aliphatic rings. The van der Waals surface area contributed by atoms with Crippen LogP contribution in [0.2, 0.25) is 0 Å². The molecule has 0 aliphatic carbocycles. The summed E-state index contributed by atoms with van der Waals surface area (Å²) in [5.74, 6) is 0.201. The molecule has 0 spiro atoms. The van der Waals surface area contributed by atoms with Gasteiger partial charge in [-0.2, -0.15) is 4.31 Å². The van der Waals surface area contributed by atoms with E-state index in [0.717, 1.165) is 37.1 Å². The first-order valence-corrected chi connectivity index (χ1v) is 10.4. The molecule has 3 rings (SSSR count). The van der Waals surface area contributed by atoms with Gasteiger partial charge in [-0.25, -0.2) is 8.42 Å². The Morgan fingerprint density at radius 2 is 1.81 bits per heavy atom. The maximum Gasteiger partial charge on any atom is 0.243 e. The van der Waals surface area contributed by atoms with Crippen molar-refractivity contribution in [3.8, 4) is 0 Å². The highest BCUT2D eigenvalue weighted by Gasteiger charge is 2.32. The fraction of sp³-hybridized carbons (Fsp3) is 0.611.